The maximum atomic E-state index is 5.53. The summed E-state index contributed by atoms with van der Waals surface area (Å²) in [5.74, 6) is 0. The number of nitrogens with one attached hydrogen (secondary N) is 1. The lowest BCUT2D eigenvalue weighted by molar-refractivity contribution is 0.0192. The van der Waals surface area contributed by atoms with E-state index in [4.69, 9.17) is 14.2 Å². The van der Waals surface area contributed by atoms with Crippen LogP contribution in [-0.2, 0) is 27.4 Å². The van der Waals surface area contributed by atoms with E-state index in [0.29, 0.717) is 33.0 Å². The van der Waals surface area contributed by atoms with Crippen LogP contribution < -0.4 is 5.32 Å². The highest BCUT2D eigenvalue weighted by Crippen LogP contribution is 2.01. The van der Waals surface area contributed by atoms with Crippen LogP contribution in [0, 0.1) is 0 Å². The molecule has 20 heavy (non-hydrogen) atoms. The Balaban J connectivity index is 2.14. The first kappa shape index (κ1) is 17.0. The van der Waals surface area contributed by atoms with Gasteiger partial charge in [0.1, 0.15) is 0 Å². The van der Waals surface area contributed by atoms with Gasteiger partial charge in [-0.3, -0.25) is 4.98 Å². The van der Waals surface area contributed by atoms with Gasteiger partial charge >= 0.3 is 0 Å². The number of ether oxygens (including phenoxy) is 3. The summed E-state index contributed by atoms with van der Waals surface area (Å²) in [5, 5.41) is 3.34. The zero-order valence-corrected chi connectivity index (χ0v) is 12.6. The largest absolute Gasteiger partial charge is 0.382 e. The molecule has 1 N–H and O–H groups in total. The van der Waals surface area contributed by atoms with Crippen molar-refractivity contribution in [3.63, 3.8) is 0 Å². The van der Waals surface area contributed by atoms with Gasteiger partial charge in [0.05, 0.1) is 44.4 Å². The van der Waals surface area contributed by atoms with Crippen LogP contribution in [0.2, 0.25) is 0 Å². The molecule has 1 rings (SSSR count). The fourth-order valence-corrected chi connectivity index (χ4v) is 1.64. The molecule has 0 unspecified atom stereocenters. The van der Waals surface area contributed by atoms with E-state index < -0.39 is 0 Å². The summed E-state index contributed by atoms with van der Waals surface area (Å²) in [6.45, 7) is 6.88. The van der Waals surface area contributed by atoms with Gasteiger partial charge in [-0.1, -0.05) is 13.0 Å². The summed E-state index contributed by atoms with van der Waals surface area (Å²) in [4.78, 5) is 4.54. The molecule has 114 valence electrons. The second-order valence-corrected chi connectivity index (χ2v) is 4.45. The highest BCUT2D eigenvalue weighted by atomic mass is 16.5. The van der Waals surface area contributed by atoms with Crippen molar-refractivity contribution < 1.29 is 14.2 Å². The van der Waals surface area contributed by atoms with Gasteiger partial charge in [0.25, 0.3) is 0 Å². The van der Waals surface area contributed by atoms with E-state index in [1.54, 1.807) is 7.11 Å². The minimum absolute atomic E-state index is 0.523. The Kier molecular flexibility index (Phi) is 10.0. The van der Waals surface area contributed by atoms with Crippen LogP contribution in [0.3, 0.4) is 0 Å². The number of aromatic nitrogens is 1. The fraction of sp³-hybridized carbons (Fsp3) is 0.667. The maximum absolute atomic E-state index is 5.53. The smallest absolute Gasteiger partial charge is 0.0889 e. The molecule has 5 nitrogen and oxygen atoms in total. The first-order valence-electron chi connectivity index (χ1n) is 7.16. The van der Waals surface area contributed by atoms with Crippen molar-refractivity contribution in [3.8, 4) is 0 Å². The first-order chi connectivity index (χ1) is 9.86. The van der Waals surface area contributed by atoms with Gasteiger partial charge in [0, 0.05) is 13.7 Å². The molecule has 1 heterocycles. The van der Waals surface area contributed by atoms with Crippen LogP contribution in [0.5, 0.6) is 0 Å². The third-order valence-electron chi connectivity index (χ3n) is 2.65. The molecule has 0 atom stereocenters. The quantitative estimate of drug-likeness (QED) is 0.592. The number of hydrogen-bond acceptors (Lipinski definition) is 5. The molecule has 0 aromatic carbocycles. The second-order valence-electron chi connectivity index (χ2n) is 4.45. The van der Waals surface area contributed by atoms with Crippen molar-refractivity contribution in [2.75, 3.05) is 40.1 Å². The van der Waals surface area contributed by atoms with Gasteiger partial charge in [-0.15, -0.1) is 0 Å². The van der Waals surface area contributed by atoms with Crippen LogP contribution in [0.1, 0.15) is 24.7 Å². The van der Waals surface area contributed by atoms with Crippen molar-refractivity contribution in [1.29, 1.82) is 0 Å². The molecular formula is C15H26N2O3. The molecule has 0 radical (unpaired) electrons. The number of methoxy groups -OCH3 is 1. The first-order valence-corrected chi connectivity index (χ1v) is 7.16. The molecule has 1 aromatic heterocycles. The topological polar surface area (TPSA) is 52.6 Å². The zero-order valence-electron chi connectivity index (χ0n) is 12.6. The van der Waals surface area contributed by atoms with E-state index in [0.717, 1.165) is 30.9 Å². The average molecular weight is 282 g/mol. The third-order valence-corrected chi connectivity index (χ3v) is 2.65. The van der Waals surface area contributed by atoms with Crippen LogP contribution in [0.4, 0.5) is 0 Å². The molecule has 1 aromatic rings. The second kappa shape index (κ2) is 11.8. The predicted octanol–water partition coefficient (Wildman–Crippen LogP) is 1.76. The lowest BCUT2D eigenvalue weighted by Gasteiger charge is -2.07. The summed E-state index contributed by atoms with van der Waals surface area (Å²) >= 11 is 0. The molecular weight excluding hydrogens is 256 g/mol. The number of pyridine rings is 1. The molecule has 5 heteroatoms. The summed E-state index contributed by atoms with van der Waals surface area (Å²) < 4.78 is 15.7. The lowest BCUT2D eigenvalue weighted by atomic mass is 10.3. The lowest BCUT2D eigenvalue weighted by Crippen LogP contribution is -2.15. The Hall–Kier alpha value is -1.01. The van der Waals surface area contributed by atoms with Gasteiger partial charge in [0.15, 0.2) is 0 Å². The highest BCUT2D eigenvalue weighted by Gasteiger charge is 1.98. The fourth-order valence-electron chi connectivity index (χ4n) is 1.64. The summed E-state index contributed by atoms with van der Waals surface area (Å²) in [6.07, 6.45) is 1.13. The van der Waals surface area contributed by atoms with E-state index in [1.807, 2.05) is 18.2 Å². The molecule has 0 amide bonds. The highest BCUT2D eigenvalue weighted by molar-refractivity contribution is 5.10. The van der Waals surface area contributed by atoms with Gasteiger partial charge < -0.3 is 19.5 Å². The minimum Gasteiger partial charge on any atom is -0.382 e. The SMILES string of the molecule is CCCNCc1cccc(COCCOCCOC)n1. The van der Waals surface area contributed by atoms with Crippen LogP contribution in [-0.4, -0.2) is 45.1 Å². The van der Waals surface area contributed by atoms with Crippen molar-refractivity contribution in [2.45, 2.75) is 26.5 Å². The molecule has 0 aliphatic rings. The summed E-state index contributed by atoms with van der Waals surface area (Å²) in [5.41, 5.74) is 2.01. The minimum atomic E-state index is 0.523. The average Bonchev–Trinajstić information content (AvgIpc) is 2.47. The van der Waals surface area contributed by atoms with E-state index in [1.165, 1.54) is 0 Å². The number of nitrogens with zero attached hydrogens (tertiary/aromatic N) is 1. The van der Waals surface area contributed by atoms with Crippen molar-refractivity contribution in [3.05, 3.63) is 29.6 Å². The number of hydrogen-bond donors (Lipinski definition) is 1. The molecule has 0 fully saturated rings. The molecule has 0 saturated carbocycles. The van der Waals surface area contributed by atoms with Crippen molar-refractivity contribution in [2.24, 2.45) is 0 Å². The van der Waals surface area contributed by atoms with Gasteiger partial charge in [-0.25, -0.2) is 0 Å². The summed E-state index contributed by atoms with van der Waals surface area (Å²) in [7, 11) is 1.66. The Morgan fingerprint density at radius 3 is 2.60 bits per heavy atom. The molecule has 0 aliphatic heterocycles. The van der Waals surface area contributed by atoms with Crippen LogP contribution in [0.15, 0.2) is 18.2 Å². The molecule has 0 bridgehead atoms. The van der Waals surface area contributed by atoms with Crippen LogP contribution in [0.25, 0.3) is 0 Å². The van der Waals surface area contributed by atoms with Crippen molar-refractivity contribution >= 4 is 0 Å². The van der Waals surface area contributed by atoms with E-state index >= 15 is 0 Å². The van der Waals surface area contributed by atoms with E-state index in [-0.39, 0.29) is 0 Å². The Labute approximate surface area is 121 Å². The van der Waals surface area contributed by atoms with Crippen molar-refractivity contribution in [1.82, 2.24) is 10.3 Å². The van der Waals surface area contributed by atoms with Crippen LogP contribution >= 0.6 is 0 Å². The Bertz CT molecular complexity index is 348. The standard InChI is InChI=1S/C15H26N2O3/c1-3-7-16-12-14-5-4-6-15(17-14)13-20-11-10-19-9-8-18-2/h4-6,16H,3,7-13H2,1-2H3. The van der Waals surface area contributed by atoms with Gasteiger partial charge in [-0.05, 0) is 25.1 Å². The van der Waals surface area contributed by atoms with E-state index in [9.17, 15) is 0 Å². The van der Waals surface area contributed by atoms with Gasteiger partial charge in [-0.2, -0.15) is 0 Å². The number of rotatable bonds is 12. The molecule has 0 aliphatic carbocycles. The third kappa shape index (κ3) is 8.22. The predicted molar refractivity (Wildman–Crippen MR) is 78.6 cm³/mol. The maximum Gasteiger partial charge on any atom is 0.0889 e. The summed E-state index contributed by atoms with van der Waals surface area (Å²) in [6, 6.07) is 6.03. The van der Waals surface area contributed by atoms with E-state index in [2.05, 4.69) is 17.2 Å². The Morgan fingerprint density at radius 1 is 1.05 bits per heavy atom. The molecule has 0 saturated heterocycles. The molecule has 0 spiro atoms. The monoisotopic (exact) mass is 282 g/mol. The zero-order chi connectivity index (χ0) is 14.5. The van der Waals surface area contributed by atoms with Gasteiger partial charge in [0.2, 0.25) is 0 Å². The Morgan fingerprint density at radius 2 is 1.80 bits per heavy atom. The normalized spacial score (nSPS) is 10.9.